The SMILES string of the molecule is CNc1ccc(-c2ccnc3c2c(/C=C2\Oc4cc(O)cc(O)c4C2=O)cn3C)cc1. The van der Waals surface area contributed by atoms with Crippen LogP contribution in [0.5, 0.6) is 17.2 Å². The molecule has 0 unspecified atom stereocenters. The zero-order valence-corrected chi connectivity index (χ0v) is 16.9. The van der Waals surface area contributed by atoms with Crippen LogP contribution in [0.25, 0.3) is 28.2 Å². The number of nitrogens with one attached hydrogen (secondary N) is 1. The summed E-state index contributed by atoms with van der Waals surface area (Å²) in [5.41, 5.74) is 4.58. The topological polar surface area (TPSA) is 96.6 Å². The minimum atomic E-state index is -0.437. The van der Waals surface area contributed by atoms with Crippen molar-refractivity contribution in [2.45, 2.75) is 0 Å². The van der Waals surface area contributed by atoms with Crippen molar-refractivity contribution in [1.82, 2.24) is 9.55 Å². The Morgan fingerprint density at radius 1 is 1.13 bits per heavy atom. The Bertz CT molecular complexity index is 1380. The van der Waals surface area contributed by atoms with Gasteiger partial charge in [0.05, 0.1) is 0 Å². The lowest BCUT2D eigenvalue weighted by Crippen LogP contribution is -1.98. The molecule has 4 aromatic rings. The molecule has 1 aliphatic heterocycles. The molecule has 0 radical (unpaired) electrons. The maximum atomic E-state index is 12.8. The quantitative estimate of drug-likeness (QED) is 0.433. The fraction of sp³-hybridized carbons (Fsp3) is 0.0833. The number of aromatic hydroxyl groups is 2. The number of anilines is 1. The van der Waals surface area contributed by atoms with Gasteiger partial charge in [-0.2, -0.15) is 0 Å². The molecule has 2 aromatic heterocycles. The Kier molecular flexibility index (Phi) is 4.18. The van der Waals surface area contributed by atoms with Gasteiger partial charge in [0.15, 0.2) is 5.76 Å². The van der Waals surface area contributed by atoms with Gasteiger partial charge < -0.3 is 24.8 Å². The number of rotatable bonds is 3. The van der Waals surface area contributed by atoms with Crippen molar-refractivity contribution in [1.29, 1.82) is 0 Å². The highest BCUT2D eigenvalue weighted by molar-refractivity contribution is 6.17. The molecule has 5 rings (SSSR count). The number of ether oxygens (including phenoxy) is 1. The first kappa shape index (κ1) is 18.7. The number of fused-ring (bicyclic) bond motifs is 2. The van der Waals surface area contributed by atoms with Crippen molar-refractivity contribution in [3.63, 3.8) is 0 Å². The number of hydrogen-bond donors (Lipinski definition) is 3. The average Bonchev–Trinajstić information content (AvgIpc) is 3.25. The zero-order chi connectivity index (χ0) is 21.7. The summed E-state index contributed by atoms with van der Waals surface area (Å²) in [6.45, 7) is 0. The first-order valence-electron chi connectivity index (χ1n) is 9.68. The van der Waals surface area contributed by atoms with E-state index in [1.807, 2.05) is 55.2 Å². The number of hydrogen-bond acceptors (Lipinski definition) is 6. The lowest BCUT2D eigenvalue weighted by molar-refractivity contribution is 0.101. The van der Waals surface area contributed by atoms with E-state index in [4.69, 9.17) is 4.74 Å². The second kappa shape index (κ2) is 6.91. The van der Waals surface area contributed by atoms with E-state index < -0.39 is 5.78 Å². The number of ketones is 1. The Morgan fingerprint density at radius 2 is 1.90 bits per heavy atom. The van der Waals surface area contributed by atoms with Gasteiger partial charge >= 0.3 is 0 Å². The molecule has 0 aliphatic carbocycles. The molecule has 0 fully saturated rings. The van der Waals surface area contributed by atoms with Gasteiger partial charge in [-0.3, -0.25) is 4.79 Å². The molecule has 1 aliphatic rings. The summed E-state index contributed by atoms with van der Waals surface area (Å²) < 4.78 is 7.56. The van der Waals surface area contributed by atoms with Crippen LogP contribution in [-0.2, 0) is 7.05 Å². The zero-order valence-electron chi connectivity index (χ0n) is 16.9. The van der Waals surface area contributed by atoms with E-state index in [1.165, 1.54) is 6.07 Å². The third-order valence-corrected chi connectivity index (χ3v) is 5.39. The molecule has 0 spiro atoms. The first-order valence-corrected chi connectivity index (χ1v) is 9.68. The summed E-state index contributed by atoms with van der Waals surface area (Å²) >= 11 is 0. The maximum Gasteiger partial charge on any atom is 0.235 e. The molecule has 154 valence electrons. The molecule has 0 atom stereocenters. The van der Waals surface area contributed by atoms with Gasteiger partial charge in [0.25, 0.3) is 0 Å². The van der Waals surface area contributed by atoms with E-state index in [0.29, 0.717) is 0 Å². The van der Waals surface area contributed by atoms with Crippen LogP contribution in [0.4, 0.5) is 5.69 Å². The minimum Gasteiger partial charge on any atom is -0.508 e. The number of aryl methyl sites for hydroxylation is 1. The van der Waals surface area contributed by atoms with Crippen LogP contribution in [0.2, 0.25) is 0 Å². The van der Waals surface area contributed by atoms with Gasteiger partial charge in [-0.1, -0.05) is 12.1 Å². The molecular weight excluding hydrogens is 394 g/mol. The lowest BCUT2D eigenvalue weighted by Gasteiger charge is -2.07. The molecule has 0 amide bonds. The number of nitrogens with zero attached hydrogens (tertiary/aromatic N) is 2. The summed E-state index contributed by atoms with van der Waals surface area (Å²) in [6, 6.07) is 12.4. The van der Waals surface area contributed by atoms with Gasteiger partial charge in [-0.25, -0.2) is 4.98 Å². The van der Waals surface area contributed by atoms with Crippen molar-refractivity contribution in [2.24, 2.45) is 7.05 Å². The van der Waals surface area contributed by atoms with Crippen LogP contribution in [-0.4, -0.2) is 32.6 Å². The van der Waals surface area contributed by atoms with Gasteiger partial charge in [-0.05, 0) is 35.4 Å². The van der Waals surface area contributed by atoms with E-state index in [-0.39, 0.29) is 28.6 Å². The number of Topliss-reactive ketones (excluding diaryl/α,β-unsaturated/α-hetero) is 1. The number of carbonyl (C=O) groups excluding carboxylic acids is 1. The van der Waals surface area contributed by atoms with Crippen molar-refractivity contribution in [3.05, 3.63) is 71.7 Å². The van der Waals surface area contributed by atoms with E-state index in [2.05, 4.69) is 10.3 Å². The molecule has 0 saturated heterocycles. The number of carbonyl (C=O) groups is 1. The predicted molar refractivity (Wildman–Crippen MR) is 118 cm³/mol. The minimum absolute atomic E-state index is 0.0466. The highest BCUT2D eigenvalue weighted by Gasteiger charge is 2.31. The fourth-order valence-corrected chi connectivity index (χ4v) is 3.92. The lowest BCUT2D eigenvalue weighted by atomic mass is 10.00. The van der Waals surface area contributed by atoms with Crippen LogP contribution in [0, 0.1) is 0 Å². The number of phenolic OH excluding ortho intramolecular Hbond substituents is 2. The molecule has 0 bridgehead atoms. The van der Waals surface area contributed by atoms with E-state index >= 15 is 0 Å². The number of benzene rings is 2. The standard InChI is InChI=1S/C24H19N3O4/c1-25-15-5-3-13(4-6-15)17-7-8-26-24-21(17)14(12-27(24)2)9-20-23(30)22-18(29)10-16(28)11-19(22)31-20/h3-12,25,28-29H,1-2H3/b20-9-. The van der Waals surface area contributed by atoms with Crippen LogP contribution in [0.1, 0.15) is 15.9 Å². The predicted octanol–water partition coefficient (Wildman–Crippen LogP) is 4.31. The van der Waals surface area contributed by atoms with E-state index in [1.54, 1.807) is 12.3 Å². The number of aromatic nitrogens is 2. The normalized spacial score (nSPS) is 14.1. The van der Waals surface area contributed by atoms with Gasteiger partial charge in [0.2, 0.25) is 5.78 Å². The summed E-state index contributed by atoms with van der Waals surface area (Å²) in [5.74, 6) is -0.715. The number of pyridine rings is 1. The van der Waals surface area contributed by atoms with Crippen molar-refractivity contribution < 1.29 is 19.7 Å². The highest BCUT2D eigenvalue weighted by Crippen LogP contribution is 2.41. The molecule has 3 heterocycles. The van der Waals surface area contributed by atoms with Crippen molar-refractivity contribution in [3.8, 4) is 28.4 Å². The molecule has 7 nitrogen and oxygen atoms in total. The van der Waals surface area contributed by atoms with Crippen LogP contribution in [0.15, 0.2) is 60.6 Å². The van der Waals surface area contributed by atoms with Crippen LogP contribution >= 0.6 is 0 Å². The van der Waals surface area contributed by atoms with Gasteiger partial charge in [-0.15, -0.1) is 0 Å². The molecule has 3 N–H and O–H groups in total. The Morgan fingerprint density at radius 3 is 2.65 bits per heavy atom. The maximum absolute atomic E-state index is 12.8. The summed E-state index contributed by atoms with van der Waals surface area (Å²) in [7, 11) is 3.76. The highest BCUT2D eigenvalue weighted by atomic mass is 16.5. The van der Waals surface area contributed by atoms with E-state index in [0.717, 1.165) is 39.5 Å². The van der Waals surface area contributed by atoms with Crippen molar-refractivity contribution in [2.75, 3.05) is 12.4 Å². The summed E-state index contributed by atoms with van der Waals surface area (Å²) in [4.78, 5) is 17.3. The molecule has 0 saturated carbocycles. The van der Waals surface area contributed by atoms with Crippen molar-refractivity contribution >= 4 is 28.6 Å². The monoisotopic (exact) mass is 413 g/mol. The van der Waals surface area contributed by atoms with Crippen LogP contribution in [0.3, 0.4) is 0 Å². The fourth-order valence-electron chi connectivity index (χ4n) is 3.92. The average molecular weight is 413 g/mol. The van der Waals surface area contributed by atoms with Crippen LogP contribution < -0.4 is 10.1 Å². The van der Waals surface area contributed by atoms with Gasteiger partial charge in [0, 0.05) is 55.3 Å². The number of allylic oxidation sites excluding steroid dienone is 1. The van der Waals surface area contributed by atoms with Gasteiger partial charge in [0.1, 0.15) is 28.5 Å². The Labute approximate surface area is 177 Å². The second-order valence-electron chi connectivity index (χ2n) is 7.36. The molecule has 2 aromatic carbocycles. The summed E-state index contributed by atoms with van der Waals surface area (Å²) in [5, 5.41) is 23.8. The molecular formula is C24H19N3O4. The third-order valence-electron chi connectivity index (χ3n) is 5.39. The van der Waals surface area contributed by atoms with E-state index in [9.17, 15) is 15.0 Å². The Hall–Kier alpha value is -4.26. The largest absolute Gasteiger partial charge is 0.508 e. The third kappa shape index (κ3) is 2.98. The molecule has 7 heteroatoms. The Balaban J connectivity index is 1.66. The molecule has 31 heavy (non-hydrogen) atoms. The second-order valence-corrected chi connectivity index (χ2v) is 7.36. The summed E-state index contributed by atoms with van der Waals surface area (Å²) in [6.07, 6.45) is 5.29. The number of phenols is 2. The smallest absolute Gasteiger partial charge is 0.235 e. The first-order chi connectivity index (χ1) is 15.0.